The zero-order valence-electron chi connectivity index (χ0n) is 10.1. The second-order valence-electron chi connectivity index (χ2n) is 4.22. The van der Waals surface area contributed by atoms with Gasteiger partial charge in [-0.2, -0.15) is 0 Å². The molecular weight excluding hydrogens is 220 g/mol. The van der Waals surface area contributed by atoms with Crippen LogP contribution in [0.4, 0.5) is 0 Å². The summed E-state index contributed by atoms with van der Waals surface area (Å²) in [7, 11) is 0. The van der Waals surface area contributed by atoms with Crippen LogP contribution in [0.1, 0.15) is 25.5 Å². The van der Waals surface area contributed by atoms with Crippen molar-refractivity contribution in [1.29, 1.82) is 0 Å². The van der Waals surface area contributed by atoms with Crippen LogP contribution in [0.3, 0.4) is 0 Å². The average Bonchev–Trinajstić information content (AvgIpc) is 2.83. The Morgan fingerprint density at radius 1 is 1.47 bits per heavy atom. The topological polar surface area (TPSA) is 48.7 Å². The molecule has 94 valence electrons. The molecule has 0 atom stereocenters. The highest BCUT2D eigenvalue weighted by molar-refractivity contribution is 5.89. The molecule has 1 aromatic heterocycles. The Kier molecular flexibility index (Phi) is 3.97. The number of furan rings is 1. The molecule has 2 rings (SSSR count). The van der Waals surface area contributed by atoms with E-state index >= 15 is 0 Å². The van der Waals surface area contributed by atoms with Crippen molar-refractivity contribution in [2.45, 2.75) is 31.8 Å². The Morgan fingerprint density at radius 3 is 2.82 bits per heavy atom. The van der Waals surface area contributed by atoms with Crippen LogP contribution in [0.2, 0.25) is 0 Å². The van der Waals surface area contributed by atoms with Gasteiger partial charge in [0.05, 0.1) is 12.7 Å². The Balaban J connectivity index is 2.06. The molecule has 0 amide bonds. The van der Waals surface area contributed by atoms with Crippen molar-refractivity contribution in [2.24, 2.45) is 0 Å². The van der Waals surface area contributed by atoms with E-state index in [1.165, 1.54) is 0 Å². The number of ether oxygens (including phenoxy) is 2. The van der Waals surface area contributed by atoms with Crippen molar-refractivity contribution in [3.63, 3.8) is 0 Å². The van der Waals surface area contributed by atoms with E-state index < -0.39 is 5.60 Å². The first-order chi connectivity index (χ1) is 8.27. The van der Waals surface area contributed by atoms with E-state index in [0.29, 0.717) is 44.8 Å². The molecule has 0 bridgehead atoms. The number of hydrogen-bond donors (Lipinski definition) is 0. The zero-order chi connectivity index (χ0) is 12.1. The lowest BCUT2D eigenvalue weighted by Gasteiger charge is -2.35. The molecule has 1 aliphatic rings. The minimum atomic E-state index is -0.667. The van der Waals surface area contributed by atoms with Crippen LogP contribution < -0.4 is 0 Å². The van der Waals surface area contributed by atoms with Crippen molar-refractivity contribution in [2.75, 3.05) is 19.8 Å². The van der Waals surface area contributed by atoms with Crippen molar-refractivity contribution < 1.29 is 18.7 Å². The van der Waals surface area contributed by atoms with Gasteiger partial charge in [-0.25, -0.2) is 0 Å². The Labute approximate surface area is 101 Å². The zero-order valence-corrected chi connectivity index (χ0v) is 10.1. The van der Waals surface area contributed by atoms with Crippen LogP contribution in [0.5, 0.6) is 0 Å². The van der Waals surface area contributed by atoms with Crippen molar-refractivity contribution in [3.05, 3.63) is 24.2 Å². The summed E-state index contributed by atoms with van der Waals surface area (Å²) in [6.07, 6.45) is 3.16. The van der Waals surface area contributed by atoms with Crippen LogP contribution in [0, 0.1) is 0 Å². The van der Waals surface area contributed by atoms with Gasteiger partial charge in [0.2, 0.25) is 0 Å². The standard InChI is InChI=1S/C13H18O4/c1-2-17-13(5-8-15-9-6-13)12(14)10-11-4-3-7-16-11/h3-4,7H,2,5-6,8-10H2,1H3. The van der Waals surface area contributed by atoms with Crippen molar-refractivity contribution >= 4 is 5.78 Å². The fraction of sp³-hybridized carbons (Fsp3) is 0.615. The molecule has 4 nitrogen and oxygen atoms in total. The number of ketones is 1. The summed E-state index contributed by atoms with van der Waals surface area (Å²) in [5, 5.41) is 0. The molecule has 1 aromatic rings. The molecule has 2 heterocycles. The number of hydrogen-bond acceptors (Lipinski definition) is 4. The van der Waals surface area contributed by atoms with Crippen molar-refractivity contribution in [3.8, 4) is 0 Å². The van der Waals surface area contributed by atoms with Crippen LogP contribution in [-0.4, -0.2) is 31.2 Å². The second kappa shape index (κ2) is 5.47. The van der Waals surface area contributed by atoms with E-state index in [2.05, 4.69) is 0 Å². The SMILES string of the molecule is CCOC1(C(=O)Cc2ccco2)CCOCC1. The second-order valence-corrected chi connectivity index (χ2v) is 4.22. The first-order valence-corrected chi connectivity index (χ1v) is 6.04. The molecule has 0 spiro atoms. The average molecular weight is 238 g/mol. The molecular formula is C13H18O4. The monoisotopic (exact) mass is 238 g/mol. The summed E-state index contributed by atoms with van der Waals surface area (Å²) in [4.78, 5) is 12.3. The highest BCUT2D eigenvalue weighted by Gasteiger charge is 2.40. The minimum absolute atomic E-state index is 0.0950. The Bertz CT molecular complexity index is 344. The largest absolute Gasteiger partial charge is 0.469 e. The molecule has 17 heavy (non-hydrogen) atoms. The van der Waals surface area contributed by atoms with Crippen LogP contribution in [-0.2, 0) is 20.7 Å². The van der Waals surface area contributed by atoms with E-state index in [9.17, 15) is 4.79 Å². The maximum absolute atomic E-state index is 12.3. The van der Waals surface area contributed by atoms with E-state index in [0.717, 1.165) is 0 Å². The van der Waals surface area contributed by atoms with Gasteiger partial charge >= 0.3 is 0 Å². The Hall–Kier alpha value is -1.13. The number of rotatable bonds is 5. The predicted octanol–water partition coefficient (Wildman–Crippen LogP) is 1.98. The van der Waals surface area contributed by atoms with Gasteiger partial charge in [0.1, 0.15) is 11.4 Å². The van der Waals surface area contributed by atoms with Crippen LogP contribution in [0.25, 0.3) is 0 Å². The Morgan fingerprint density at radius 2 is 2.24 bits per heavy atom. The smallest absolute Gasteiger partial charge is 0.172 e. The van der Waals surface area contributed by atoms with Gasteiger partial charge in [-0.15, -0.1) is 0 Å². The van der Waals surface area contributed by atoms with Gasteiger partial charge < -0.3 is 13.9 Å². The molecule has 1 aliphatic heterocycles. The first kappa shape index (κ1) is 12.3. The predicted molar refractivity (Wildman–Crippen MR) is 61.8 cm³/mol. The van der Waals surface area contributed by atoms with E-state index in [-0.39, 0.29) is 5.78 Å². The van der Waals surface area contributed by atoms with Gasteiger partial charge in [-0.1, -0.05) is 0 Å². The lowest BCUT2D eigenvalue weighted by atomic mass is 9.87. The maximum Gasteiger partial charge on any atom is 0.172 e. The van der Waals surface area contributed by atoms with E-state index in [1.54, 1.807) is 12.3 Å². The fourth-order valence-electron chi connectivity index (χ4n) is 2.21. The lowest BCUT2D eigenvalue weighted by Crippen LogP contribution is -2.47. The molecule has 1 saturated heterocycles. The van der Waals surface area contributed by atoms with E-state index in [4.69, 9.17) is 13.9 Å². The molecule has 0 N–H and O–H groups in total. The van der Waals surface area contributed by atoms with Gasteiger partial charge in [-0.05, 0) is 19.1 Å². The van der Waals surface area contributed by atoms with Crippen LogP contribution in [0.15, 0.2) is 22.8 Å². The molecule has 0 saturated carbocycles. The van der Waals surface area contributed by atoms with Gasteiger partial charge in [0, 0.05) is 32.7 Å². The third-order valence-corrected chi connectivity index (χ3v) is 3.14. The molecule has 0 unspecified atom stereocenters. The number of carbonyl (C=O) groups is 1. The third kappa shape index (κ3) is 2.76. The quantitative estimate of drug-likeness (QED) is 0.787. The summed E-state index contributed by atoms with van der Waals surface area (Å²) >= 11 is 0. The summed E-state index contributed by atoms with van der Waals surface area (Å²) in [6, 6.07) is 3.61. The summed E-state index contributed by atoms with van der Waals surface area (Å²) < 4.78 is 16.2. The highest BCUT2D eigenvalue weighted by atomic mass is 16.5. The molecule has 0 radical (unpaired) electrons. The fourth-order valence-corrected chi connectivity index (χ4v) is 2.21. The minimum Gasteiger partial charge on any atom is -0.469 e. The number of carbonyl (C=O) groups excluding carboxylic acids is 1. The molecule has 0 aliphatic carbocycles. The van der Waals surface area contributed by atoms with Crippen molar-refractivity contribution in [1.82, 2.24) is 0 Å². The van der Waals surface area contributed by atoms with Gasteiger partial charge in [0.25, 0.3) is 0 Å². The molecule has 1 fully saturated rings. The maximum atomic E-state index is 12.3. The lowest BCUT2D eigenvalue weighted by molar-refractivity contribution is -0.157. The normalized spacial score (nSPS) is 19.1. The van der Waals surface area contributed by atoms with Crippen LogP contribution >= 0.6 is 0 Å². The molecule has 0 aromatic carbocycles. The van der Waals surface area contributed by atoms with Gasteiger partial charge in [0.15, 0.2) is 5.78 Å². The van der Waals surface area contributed by atoms with Gasteiger partial charge in [-0.3, -0.25) is 4.79 Å². The first-order valence-electron chi connectivity index (χ1n) is 6.04. The third-order valence-electron chi connectivity index (χ3n) is 3.14. The molecule has 4 heteroatoms. The summed E-state index contributed by atoms with van der Waals surface area (Å²) in [5.74, 6) is 0.790. The summed E-state index contributed by atoms with van der Waals surface area (Å²) in [5.41, 5.74) is -0.667. The highest BCUT2D eigenvalue weighted by Crippen LogP contribution is 2.27. The number of Topliss-reactive ketones (excluding diaryl/α,β-unsaturated/α-hetero) is 1. The summed E-state index contributed by atoms with van der Waals surface area (Å²) in [6.45, 7) is 3.63. The van der Waals surface area contributed by atoms with E-state index in [1.807, 2.05) is 13.0 Å².